The van der Waals surface area contributed by atoms with Gasteiger partial charge in [0, 0.05) is 11.8 Å². The number of likely N-dealkylation sites (N-methyl/N-ethyl adjacent to an activating group) is 1. The van der Waals surface area contributed by atoms with Crippen LogP contribution in [0.5, 0.6) is 0 Å². The standard InChI is InChI=1S/C18H19FN4O4/c1-12(18(25)21-15-5-3-4-6-16(15)23(26)27)22(2)11-17(24)20-14-9-7-13(19)8-10-14/h3-10,12H,11H2,1-2H3,(H,20,24)(H,21,25)/p+1/t12-/m1/s1. The second kappa shape index (κ2) is 8.86. The van der Waals surface area contributed by atoms with Crippen molar-refractivity contribution in [2.75, 3.05) is 24.2 Å². The van der Waals surface area contributed by atoms with Crippen LogP contribution in [0, 0.1) is 15.9 Å². The highest BCUT2D eigenvalue weighted by molar-refractivity contribution is 5.96. The van der Waals surface area contributed by atoms with E-state index < -0.39 is 22.7 Å². The summed E-state index contributed by atoms with van der Waals surface area (Å²) in [4.78, 5) is 35.5. The second-order valence-corrected chi connectivity index (χ2v) is 6.06. The van der Waals surface area contributed by atoms with E-state index in [-0.39, 0.29) is 23.8 Å². The SMILES string of the molecule is C[C@H](C(=O)Nc1ccccc1[N+](=O)[O-])[NH+](C)CC(=O)Nc1ccc(F)cc1. The molecule has 0 saturated heterocycles. The Morgan fingerprint density at radius 3 is 2.41 bits per heavy atom. The number of nitrogens with zero attached hydrogens (tertiary/aromatic N) is 1. The molecule has 0 aliphatic rings. The van der Waals surface area contributed by atoms with Gasteiger partial charge in [0.25, 0.3) is 17.5 Å². The highest BCUT2D eigenvalue weighted by Gasteiger charge is 2.26. The molecule has 0 heterocycles. The molecule has 0 aromatic heterocycles. The van der Waals surface area contributed by atoms with Crippen LogP contribution in [-0.4, -0.2) is 36.4 Å². The van der Waals surface area contributed by atoms with Crippen molar-refractivity contribution in [1.82, 2.24) is 0 Å². The number of quaternary nitrogens is 1. The average molecular weight is 375 g/mol. The molecule has 0 saturated carbocycles. The van der Waals surface area contributed by atoms with Crippen molar-refractivity contribution in [1.29, 1.82) is 0 Å². The molecule has 0 spiro atoms. The first-order valence-electron chi connectivity index (χ1n) is 8.20. The fourth-order valence-electron chi connectivity index (χ4n) is 2.35. The largest absolute Gasteiger partial charge is 0.321 e. The van der Waals surface area contributed by atoms with Crippen LogP contribution < -0.4 is 15.5 Å². The van der Waals surface area contributed by atoms with Crippen LogP contribution >= 0.6 is 0 Å². The molecule has 0 bridgehead atoms. The van der Waals surface area contributed by atoms with Gasteiger partial charge in [-0.1, -0.05) is 12.1 Å². The number of nitrogens with one attached hydrogen (secondary N) is 3. The van der Waals surface area contributed by atoms with Crippen LogP contribution in [0.4, 0.5) is 21.5 Å². The zero-order valence-electron chi connectivity index (χ0n) is 14.9. The maximum atomic E-state index is 12.9. The van der Waals surface area contributed by atoms with Crippen LogP contribution in [0.3, 0.4) is 0 Å². The van der Waals surface area contributed by atoms with Crippen LogP contribution in [-0.2, 0) is 9.59 Å². The van der Waals surface area contributed by atoms with Gasteiger partial charge in [-0.15, -0.1) is 0 Å². The van der Waals surface area contributed by atoms with Crippen LogP contribution in [0.15, 0.2) is 48.5 Å². The Balaban J connectivity index is 1.94. The van der Waals surface area contributed by atoms with E-state index in [0.29, 0.717) is 10.6 Å². The zero-order valence-corrected chi connectivity index (χ0v) is 14.9. The molecule has 2 aromatic rings. The highest BCUT2D eigenvalue weighted by Crippen LogP contribution is 2.23. The van der Waals surface area contributed by atoms with E-state index in [1.54, 1.807) is 20.0 Å². The molecule has 3 N–H and O–H groups in total. The summed E-state index contributed by atoms with van der Waals surface area (Å²) in [5.41, 5.74) is 0.346. The van der Waals surface area contributed by atoms with Crippen molar-refractivity contribution in [2.45, 2.75) is 13.0 Å². The lowest BCUT2D eigenvalue weighted by atomic mass is 10.2. The lowest BCUT2D eigenvalue weighted by Gasteiger charge is -2.20. The third kappa shape index (κ3) is 5.58. The van der Waals surface area contributed by atoms with E-state index in [9.17, 15) is 24.1 Å². The predicted octanol–water partition coefficient (Wildman–Crippen LogP) is 1.21. The molecule has 2 aromatic carbocycles. The van der Waals surface area contributed by atoms with E-state index in [1.807, 2.05) is 0 Å². The Morgan fingerprint density at radius 1 is 1.15 bits per heavy atom. The number of hydrogen-bond donors (Lipinski definition) is 3. The van der Waals surface area contributed by atoms with Gasteiger partial charge in [0.1, 0.15) is 11.5 Å². The molecule has 2 rings (SSSR count). The molecule has 0 radical (unpaired) electrons. The van der Waals surface area contributed by atoms with Crippen molar-refractivity contribution in [2.24, 2.45) is 0 Å². The topological polar surface area (TPSA) is 106 Å². The van der Waals surface area contributed by atoms with E-state index in [2.05, 4.69) is 10.6 Å². The van der Waals surface area contributed by atoms with Crippen molar-refractivity contribution in [3.8, 4) is 0 Å². The summed E-state index contributed by atoms with van der Waals surface area (Å²) in [6.45, 7) is 1.60. The Bertz CT molecular complexity index is 842. The van der Waals surface area contributed by atoms with Crippen molar-refractivity contribution in [3.63, 3.8) is 0 Å². The number of carbonyl (C=O) groups excluding carboxylic acids is 2. The lowest BCUT2D eigenvalue weighted by molar-refractivity contribution is -0.885. The summed E-state index contributed by atoms with van der Waals surface area (Å²) in [5, 5.41) is 16.2. The van der Waals surface area contributed by atoms with Crippen LogP contribution in [0.25, 0.3) is 0 Å². The second-order valence-electron chi connectivity index (χ2n) is 6.06. The fourth-order valence-corrected chi connectivity index (χ4v) is 2.35. The number of rotatable bonds is 7. The monoisotopic (exact) mass is 375 g/mol. The third-order valence-electron chi connectivity index (χ3n) is 4.06. The number of para-hydroxylation sites is 2. The molecule has 1 unspecified atom stereocenters. The first-order valence-corrected chi connectivity index (χ1v) is 8.20. The molecule has 27 heavy (non-hydrogen) atoms. The quantitative estimate of drug-likeness (QED) is 0.500. The van der Waals surface area contributed by atoms with E-state index in [1.165, 1.54) is 42.5 Å². The summed E-state index contributed by atoms with van der Waals surface area (Å²) in [7, 11) is 1.66. The van der Waals surface area contributed by atoms with Gasteiger partial charge in [0.05, 0.1) is 12.0 Å². The molecule has 8 nitrogen and oxygen atoms in total. The molecule has 142 valence electrons. The predicted molar refractivity (Wildman–Crippen MR) is 98.0 cm³/mol. The Labute approximate surface area is 155 Å². The van der Waals surface area contributed by atoms with Gasteiger partial charge in [0.15, 0.2) is 12.6 Å². The van der Waals surface area contributed by atoms with E-state index in [4.69, 9.17) is 0 Å². The maximum absolute atomic E-state index is 12.9. The lowest BCUT2D eigenvalue weighted by Crippen LogP contribution is -3.14. The molecule has 0 aliphatic heterocycles. The molecule has 0 fully saturated rings. The number of carbonyl (C=O) groups is 2. The maximum Gasteiger partial charge on any atom is 0.292 e. The van der Waals surface area contributed by atoms with Gasteiger partial charge >= 0.3 is 0 Å². The van der Waals surface area contributed by atoms with Gasteiger partial charge in [-0.2, -0.15) is 0 Å². The Morgan fingerprint density at radius 2 is 1.78 bits per heavy atom. The van der Waals surface area contributed by atoms with E-state index >= 15 is 0 Å². The number of amides is 2. The first kappa shape index (κ1) is 20.0. The normalized spacial score (nSPS) is 12.7. The van der Waals surface area contributed by atoms with Gasteiger partial charge in [-0.25, -0.2) is 4.39 Å². The average Bonchev–Trinajstić information content (AvgIpc) is 2.63. The van der Waals surface area contributed by atoms with Gasteiger partial charge in [-0.05, 0) is 37.3 Å². The molecular formula is C18H20FN4O4+. The smallest absolute Gasteiger partial charge is 0.292 e. The third-order valence-corrected chi connectivity index (χ3v) is 4.06. The summed E-state index contributed by atoms with van der Waals surface area (Å²) in [5.74, 6) is -1.20. The van der Waals surface area contributed by atoms with Crippen molar-refractivity contribution >= 4 is 28.9 Å². The van der Waals surface area contributed by atoms with Crippen molar-refractivity contribution in [3.05, 3.63) is 64.5 Å². The minimum absolute atomic E-state index is 0.0111. The Kier molecular flexibility index (Phi) is 6.56. The molecule has 2 atom stereocenters. The number of halogens is 1. The zero-order chi connectivity index (χ0) is 20.0. The van der Waals surface area contributed by atoms with Crippen LogP contribution in [0.2, 0.25) is 0 Å². The summed E-state index contributed by atoms with van der Waals surface area (Å²) in [6.07, 6.45) is 0. The van der Waals surface area contributed by atoms with Gasteiger partial charge in [0.2, 0.25) is 0 Å². The summed E-state index contributed by atoms with van der Waals surface area (Å²) >= 11 is 0. The van der Waals surface area contributed by atoms with Gasteiger partial charge in [-0.3, -0.25) is 19.7 Å². The molecule has 9 heteroatoms. The summed E-state index contributed by atoms with van der Waals surface area (Å²) in [6, 6.07) is 10.5. The minimum Gasteiger partial charge on any atom is -0.321 e. The number of hydrogen-bond acceptors (Lipinski definition) is 4. The summed E-state index contributed by atoms with van der Waals surface area (Å²) < 4.78 is 12.9. The fraction of sp³-hybridized carbons (Fsp3) is 0.222. The number of nitro benzene ring substituents is 1. The van der Waals surface area contributed by atoms with Gasteiger partial charge < -0.3 is 15.5 Å². The Hall–Kier alpha value is -3.33. The van der Waals surface area contributed by atoms with Crippen LogP contribution in [0.1, 0.15) is 6.92 Å². The number of nitro groups is 1. The van der Waals surface area contributed by atoms with Crippen molar-refractivity contribution < 1.29 is 23.8 Å². The molecule has 2 amide bonds. The highest BCUT2D eigenvalue weighted by atomic mass is 19.1. The number of anilines is 2. The first-order chi connectivity index (χ1) is 12.8. The minimum atomic E-state index is -0.635. The number of benzene rings is 2. The molecule has 0 aliphatic carbocycles. The molecular weight excluding hydrogens is 355 g/mol. The van der Waals surface area contributed by atoms with E-state index in [0.717, 1.165) is 0 Å².